The molecule has 0 saturated heterocycles. The first-order valence-electron chi connectivity index (χ1n) is 5.12. The molecule has 0 radical (unpaired) electrons. The summed E-state index contributed by atoms with van der Waals surface area (Å²) in [5.74, 6) is -0.844. The lowest BCUT2D eigenvalue weighted by Gasteiger charge is -2.07. The van der Waals surface area contributed by atoms with Gasteiger partial charge in [-0.05, 0) is 11.1 Å². The largest absolute Gasteiger partial charge is 0.478 e. The third kappa shape index (κ3) is 2.48. The van der Waals surface area contributed by atoms with E-state index in [0.717, 1.165) is 11.1 Å². The first-order chi connectivity index (χ1) is 7.75. The molecule has 1 aromatic rings. The van der Waals surface area contributed by atoms with Gasteiger partial charge in [-0.3, -0.25) is 0 Å². The van der Waals surface area contributed by atoms with Gasteiger partial charge in [0, 0.05) is 12.0 Å². The molecule has 1 N–H and O–H groups in total. The Morgan fingerprint density at radius 2 is 2.00 bits per heavy atom. The zero-order valence-electron chi connectivity index (χ0n) is 8.76. The van der Waals surface area contributed by atoms with Crippen LogP contribution in [0, 0.1) is 0 Å². The van der Waals surface area contributed by atoms with Gasteiger partial charge in [-0.25, -0.2) is 4.79 Å². The molecule has 0 aliphatic heterocycles. The molecule has 0 atom stereocenters. The van der Waals surface area contributed by atoms with Gasteiger partial charge in [0.1, 0.15) is 0 Å². The van der Waals surface area contributed by atoms with E-state index in [1.165, 1.54) is 0 Å². The molecule has 2 rings (SSSR count). The number of carboxylic acids is 1. The lowest BCUT2D eigenvalue weighted by Crippen LogP contribution is -2.03. The molecule has 80 valence electrons. The number of aliphatic carboxylic acids is 1. The van der Waals surface area contributed by atoms with E-state index >= 15 is 0 Å². The number of benzene rings is 1. The summed E-state index contributed by atoms with van der Waals surface area (Å²) in [5, 5.41) is 8.89. The van der Waals surface area contributed by atoms with Crippen LogP contribution in [-0.4, -0.2) is 11.1 Å². The molecule has 0 spiro atoms. The van der Waals surface area contributed by atoms with Crippen molar-refractivity contribution in [1.29, 1.82) is 0 Å². The average molecular weight is 212 g/mol. The van der Waals surface area contributed by atoms with E-state index in [1.807, 2.05) is 42.5 Å². The van der Waals surface area contributed by atoms with Crippen molar-refractivity contribution in [2.24, 2.45) is 0 Å². The summed E-state index contributed by atoms with van der Waals surface area (Å²) in [6.45, 7) is 0. The van der Waals surface area contributed by atoms with Crippen molar-refractivity contribution in [3.8, 4) is 0 Å². The molecule has 1 aromatic carbocycles. The summed E-state index contributed by atoms with van der Waals surface area (Å²) in [5.41, 5.74) is 2.55. The molecule has 0 fully saturated rings. The number of allylic oxidation sites excluding steroid dienone is 4. The van der Waals surface area contributed by atoms with Crippen LogP contribution < -0.4 is 0 Å². The van der Waals surface area contributed by atoms with E-state index in [4.69, 9.17) is 5.11 Å². The zero-order chi connectivity index (χ0) is 11.4. The van der Waals surface area contributed by atoms with E-state index in [-0.39, 0.29) is 0 Å². The summed E-state index contributed by atoms with van der Waals surface area (Å²) in [6, 6.07) is 9.89. The molecule has 1 aliphatic rings. The van der Waals surface area contributed by atoms with Gasteiger partial charge in [0.25, 0.3) is 0 Å². The molecule has 16 heavy (non-hydrogen) atoms. The molecule has 0 amide bonds. The van der Waals surface area contributed by atoms with Gasteiger partial charge >= 0.3 is 5.97 Å². The molecule has 0 saturated carbocycles. The van der Waals surface area contributed by atoms with Crippen molar-refractivity contribution in [1.82, 2.24) is 0 Å². The van der Waals surface area contributed by atoms with Gasteiger partial charge in [-0.1, -0.05) is 54.6 Å². The molecular formula is C14H12O2. The smallest absolute Gasteiger partial charge is 0.331 e. The lowest BCUT2D eigenvalue weighted by atomic mass is 9.98. The predicted octanol–water partition coefficient (Wildman–Crippen LogP) is 3.04. The maximum Gasteiger partial charge on any atom is 0.331 e. The third-order valence-corrected chi connectivity index (χ3v) is 2.43. The number of hydrogen-bond acceptors (Lipinski definition) is 1. The molecular weight excluding hydrogens is 200 g/mol. The van der Waals surface area contributed by atoms with Crippen LogP contribution in [0.1, 0.15) is 12.0 Å². The Bertz CT molecular complexity index is 479. The second kappa shape index (κ2) is 4.62. The Hall–Kier alpha value is -2.09. The highest BCUT2D eigenvalue weighted by Gasteiger charge is 2.10. The van der Waals surface area contributed by atoms with Crippen molar-refractivity contribution in [3.05, 3.63) is 65.3 Å². The minimum atomic E-state index is -0.844. The molecule has 0 heterocycles. The number of hydrogen-bond donors (Lipinski definition) is 1. The van der Waals surface area contributed by atoms with Gasteiger partial charge in [0.2, 0.25) is 0 Å². The topological polar surface area (TPSA) is 37.3 Å². The maximum atomic E-state index is 10.8. The Labute approximate surface area is 94.2 Å². The fourth-order valence-corrected chi connectivity index (χ4v) is 1.64. The zero-order valence-corrected chi connectivity index (χ0v) is 8.76. The second-order valence-electron chi connectivity index (χ2n) is 3.66. The van der Waals surface area contributed by atoms with E-state index in [0.29, 0.717) is 12.0 Å². The second-order valence-corrected chi connectivity index (χ2v) is 3.66. The number of carbonyl (C=O) groups is 1. The highest BCUT2D eigenvalue weighted by atomic mass is 16.4. The van der Waals surface area contributed by atoms with Gasteiger partial charge in [0.05, 0.1) is 0 Å². The summed E-state index contributed by atoms with van der Waals surface area (Å²) in [7, 11) is 0. The van der Waals surface area contributed by atoms with Crippen LogP contribution in [0.5, 0.6) is 0 Å². The predicted molar refractivity (Wildman–Crippen MR) is 63.9 cm³/mol. The average Bonchev–Trinajstić information content (AvgIpc) is 2.30. The highest BCUT2D eigenvalue weighted by Crippen LogP contribution is 2.20. The van der Waals surface area contributed by atoms with Crippen LogP contribution in [-0.2, 0) is 4.79 Å². The van der Waals surface area contributed by atoms with Gasteiger partial charge < -0.3 is 5.11 Å². The van der Waals surface area contributed by atoms with E-state index in [2.05, 4.69) is 0 Å². The van der Waals surface area contributed by atoms with Crippen molar-refractivity contribution in [3.63, 3.8) is 0 Å². The van der Waals surface area contributed by atoms with Gasteiger partial charge in [0.15, 0.2) is 0 Å². The number of rotatable bonds is 2. The minimum absolute atomic E-state index is 0.435. The molecule has 2 nitrogen and oxygen atoms in total. The monoisotopic (exact) mass is 212 g/mol. The first kappa shape index (κ1) is 10.4. The third-order valence-electron chi connectivity index (χ3n) is 2.43. The van der Waals surface area contributed by atoms with Crippen molar-refractivity contribution in [2.45, 2.75) is 6.42 Å². The Morgan fingerprint density at radius 3 is 2.69 bits per heavy atom. The van der Waals surface area contributed by atoms with Crippen molar-refractivity contribution < 1.29 is 9.90 Å². The van der Waals surface area contributed by atoms with E-state index < -0.39 is 5.97 Å². The Balaban J connectivity index is 2.20. The SMILES string of the molecule is O=C(O)C1=CC=CC(=Cc2ccccc2)C1. The van der Waals surface area contributed by atoms with Crippen LogP contribution in [0.25, 0.3) is 6.08 Å². The minimum Gasteiger partial charge on any atom is -0.478 e. The van der Waals surface area contributed by atoms with Crippen LogP contribution in [0.3, 0.4) is 0 Å². The lowest BCUT2D eigenvalue weighted by molar-refractivity contribution is -0.132. The van der Waals surface area contributed by atoms with Gasteiger partial charge in [-0.15, -0.1) is 0 Å². The van der Waals surface area contributed by atoms with Gasteiger partial charge in [-0.2, -0.15) is 0 Å². The fraction of sp³-hybridized carbons (Fsp3) is 0.0714. The van der Waals surface area contributed by atoms with Crippen LogP contribution in [0.15, 0.2) is 59.7 Å². The molecule has 0 bridgehead atoms. The van der Waals surface area contributed by atoms with Crippen LogP contribution >= 0.6 is 0 Å². The quantitative estimate of drug-likeness (QED) is 0.818. The van der Waals surface area contributed by atoms with Crippen LogP contribution in [0.2, 0.25) is 0 Å². The summed E-state index contributed by atoms with van der Waals surface area (Å²) in [6.07, 6.45) is 7.86. The molecule has 0 unspecified atom stereocenters. The van der Waals surface area contributed by atoms with E-state index in [9.17, 15) is 4.79 Å². The molecule has 1 aliphatic carbocycles. The van der Waals surface area contributed by atoms with Crippen molar-refractivity contribution in [2.75, 3.05) is 0 Å². The molecule has 2 heteroatoms. The maximum absolute atomic E-state index is 10.8. The summed E-state index contributed by atoms with van der Waals surface area (Å²) in [4.78, 5) is 10.8. The van der Waals surface area contributed by atoms with Crippen LogP contribution in [0.4, 0.5) is 0 Å². The van der Waals surface area contributed by atoms with E-state index in [1.54, 1.807) is 12.2 Å². The van der Waals surface area contributed by atoms with Crippen molar-refractivity contribution >= 4 is 12.0 Å². The fourth-order valence-electron chi connectivity index (χ4n) is 1.64. The highest BCUT2D eigenvalue weighted by molar-refractivity contribution is 5.88. The Morgan fingerprint density at radius 1 is 1.25 bits per heavy atom. The summed E-state index contributed by atoms with van der Waals surface area (Å²) >= 11 is 0. The summed E-state index contributed by atoms with van der Waals surface area (Å²) < 4.78 is 0. The Kier molecular flexibility index (Phi) is 3.01. The first-order valence-corrected chi connectivity index (χ1v) is 5.12. The standard InChI is InChI=1S/C14H12O2/c15-14(16)13-8-4-7-12(10-13)9-11-5-2-1-3-6-11/h1-9H,10H2,(H,15,16). The number of carboxylic acid groups (broad SMARTS) is 1. The normalized spacial score (nSPS) is 17.2. The molecule has 0 aromatic heterocycles.